The van der Waals surface area contributed by atoms with Crippen LogP contribution in [0.5, 0.6) is 5.75 Å². The number of thiophene rings is 1. The molecule has 7 heteroatoms. The molecule has 0 fully saturated rings. The summed E-state index contributed by atoms with van der Waals surface area (Å²) in [5.41, 5.74) is 3.45. The van der Waals surface area contributed by atoms with E-state index in [2.05, 4.69) is 10.5 Å². The molecule has 4 rings (SSSR count). The topological polar surface area (TPSA) is 50.7 Å². The SMILES string of the molecule is COc1ccc2c(Cl)c(C(=O)N/N=C\c3cccc4ccccc34)sc2c1Cl. The van der Waals surface area contributed by atoms with Crippen LogP contribution in [0.2, 0.25) is 10.0 Å². The average Bonchev–Trinajstić information content (AvgIpc) is 3.06. The van der Waals surface area contributed by atoms with E-state index in [1.165, 1.54) is 18.4 Å². The summed E-state index contributed by atoms with van der Waals surface area (Å²) in [4.78, 5) is 12.9. The number of rotatable bonds is 4. The molecular weight excluding hydrogens is 415 g/mol. The zero-order valence-corrected chi connectivity index (χ0v) is 17.0. The molecule has 140 valence electrons. The van der Waals surface area contributed by atoms with Gasteiger partial charge in [0.2, 0.25) is 0 Å². The van der Waals surface area contributed by atoms with Crippen LogP contribution >= 0.6 is 34.5 Å². The van der Waals surface area contributed by atoms with Crippen molar-refractivity contribution in [3.05, 3.63) is 75.1 Å². The van der Waals surface area contributed by atoms with E-state index < -0.39 is 5.91 Å². The van der Waals surface area contributed by atoms with Gasteiger partial charge in [0, 0.05) is 10.9 Å². The van der Waals surface area contributed by atoms with Gasteiger partial charge >= 0.3 is 0 Å². The maximum absolute atomic E-state index is 12.6. The van der Waals surface area contributed by atoms with Gasteiger partial charge in [-0.1, -0.05) is 65.7 Å². The fraction of sp³-hybridized carbons (Fsp3) is 0.0476. The van der Waals surface area contributed by atoms with Gasteiger partial charge < -0.3 is 4.74 Å². The molecule has 1 heterocycles. The second-order valence-corrected chi connectivity index (χ2v) is 7.75. The molecule has 4 aromatic rings. The third-order valence-electron chi connectivity index (χ3n) is 4.32. The number of amides is 1. The van der Waals surface area contributed by atoms with Crippen molar-refractivity contribution in [2.24, 2.45) is 5.10 Å². The van der Waals surface area contributed by atoms with Crippen molar-refractivity contribution in [1.29, 1.82) is 0 Å². The van der Waals surface area contributed by atoms with Crippen LogP contribution in [0.15, 0.2) is 59.7 Å². The zero-order valence-electron chi connectivity index (χ0n) is 14.7. The van der Waals surface area contributed by atoms with E-state index >= 15 is 0 Å². The monoisotopic (exact) mass is 428 g/mol. The van der Waals surface area contributed by atoms with Crippen molar-refractivity contribution in [3.63, 3.8) is 0 Å². The maximum atomic E-state index is 12.6. The van der Waals surface area contributed by atoms with Gasteiger partial charge in [-0.2, -0.15) is 5.10 Å². The van der Waals surface area contributed by atoms with Crippen LogP contribution in [0, 0.1) is 0 Å². The van der Waals surface area contributed by atoms with Crippen molar-refractivity contribution in [1.82, 2.24) is 5.43 Å². The minimum absolute atomic E-state index is 0.349. The van der Waals surface area contributed by atoms with Crippen LogP contribution in [0.25, 0.3) is 20.9 Å². The van der Waals surface area contributed by atoms with E-state index in [1.807, 2.05) is 42.5 Å². The number of carbonyl (C=O) groups excluding carboxylic acids is 1. The molecule has 0 aliphatic heterocycles. The number of nitrogens with one attached hydrogen (secondary N) is 1. The molecule has 0 saturated heterocycles. The number of hydrazone groups is 1. The average molecular weight is 429 g/mol. The fourth-order valence-corrected chi connectivity index (χ4v) is 4.74. The van der Waals surface area contributed by atoms with Crippen LogP contribution in [-0.2, 0) is 0 Å². The Bertz CT molecular complexity index is 1230. The molecule has 0 atom stereocenters. The predicted molar refractivity (Wildman–Crippen MR) is 117 cm³/mol. The van der Waals surface area contributed by atoms with Crippen LogP contribution < -0.4 is 10.2 Å². The Morgan fingerprint density at radius 1 is 1.04 bits per heavy atom. The number of hydrogen-bond acceptors (Lipinski definition) is 4. The Balaban J connectivity index is 1.61. The first kappa shape index (κ1) is 18.7. The second kappa shape index (κ2) is 7.80. The van der Waals surface area contributed by atoms with Crippen LogP contribution in [-0.4, -0.2) is 19.2 Å². The summed E-state index contributed by atoms with van der Waals surface area (Å²) in [5, 5.41) is 7.76. The molecule has 0 unspecified atom stereocenters. The van der Waals surface area contributed by atoms with E-state index in [0.29, 0.717) is 30.8 Å². The lowest BCUT2D eigenvalue weighted by atomic mass is 10.1. The van der Waals surface area contributed by atoms with Crippen molar-refractivity contribution >= 4 is 67.5 Å². The van der Waals surface area contributed by atoms with Gasteiger partial charge in [0.15, 0.2) is 0 Å². The molecule has 0 spiro atoms. The molecule has 1 aromatic heterocycles. The van der Waals surface area contributed by atoms with Gasteiger partial charge in [-0.25, -0.2) is 5.43 Å². The highest BCUT2D eigenvalue weighted by Crippen LogP contribution is 2.42. The van der Waals surface area contributed by atoms with Gasteiger partial charge in [-0.15, -0.1) is 11.3 Å². The first-order chi connectivity index (χ1) is 13.6. The van der Waals surface area contributed by atoms with E-state index in [-0.39, 0.29) is 0 Å². The van der Waals surface area contributed by atoms with Crippen molar-refractivity contribution < 1.29 is 9.53 Å². The van der Waals surface area contributed by atoms with Crippen LogP contribution in [0.3, 0.4) is 0 Å². The quantitative estimate of drug-likeness (QED) is 0.313. The summed E-state index contributed by atoms with van der Waals surface area (Å²) in [6.45, 7) is 0. The van der Waals surface area contributed by atoms with Gasteiger partial charge in [-0.3, -0.25) is 4.79 Å². The van der Waals surface area contributed by atoms with Crippen LogP contribution in [0.1, 0.15) is 15.2 Å². The number of halogens is 2. The number of nitrogens with zero attached hydrogens (tertiary/aromatic N) is 1. The number of benzene rings is 3. The highest BCUT2D eigenvalue weighted by atomic mass is 35.5. The number of hydrogen-bond donors (Lipinski definition) is 1. The molecule has 3 aromatic carbocycles. The molecule has 0 aliphatic rings. The molecule has 0 aliphatic carbocycles. The minimum Gasteiger partial charge on any atom is -0.495 e. The molecular formula is C21H14Cl2N2O2S. The number of methoxy groups -OCH3 is 1. The first-order valence-corrected chi connectivity index (χ1v) is 9.93. The van der Waals surface area contributed by atoms with Gasteiger partial charge in [0.05, 0.1) is 23.0 Å². The smallest absolute Gasteiger partial charge is 0.283 e. The summed E-state index contributed by atoms with van der Waals surface area (Å²) in [6.07, 6.45) is 1.62. The summed E-state index contributed by atoms with van der Waals surface area (Å²) in [5.74, 6) is 0.144. The highest BCUT2D eigenvalue weighted by molar-refractivity contribution is 7.22. The molecule has 1 amide bonds. The number of ether oxygens (including phenoxy) is 1. The minimum atomic E-state index is -0.391. The summed E-state index contributed by atoms with van der Waals surface area (Å²) in [6, 6.07) is 17.4. The summed E-state index contributed by atoms with van der Waals surface area (Å²) in [7, 11) is 1.54. The van der Waals surface area contributed by atoms with Crippen LogP contribution in [0.4, 0.5) is 0 Å². The first-order valence-electron chi connectivity index (χ1n) is 8.36. The summed E-state index contributed by atoms with van der Waals surface area (Å²) < 4.78 is 5.92. The normalized spacial score (nSPS) is 11.4. The lowest BCUT2D eigenvalue weighted by Crippen LogP contribution is -2.16. The van der Waals surface area contributed by atoms with E-state index in [0.717, 1.165) is 16.3 Å². The van der Waals surface area contributed by atoms with E-state index in [1.54, 1.807) is 18.3 Å². The van der Waals surface area contributed by atoms with Crippen molar-refractivity contribution in [3.8, 4) is 5.75 Å². The molecule has 0 radical (unpaired) electrons. The molecule has 0 saturated carbocycles. The third kappa shape index (κ3) is 3.33. The molecule has 0 bridgehead atoms. The molecule has 4 nitrogen and oxygen atoms in total. The molecule has 1 N–H and O–H groups in total. The number of carbonyl (C=O) groups is 1. The third-order valence-corrected chi connectivity index (χ3v) is 6.53. The Labute approximate surface area is 175 Å². The lowest BCUT2D eigenvalue weighted by Gasteiger charge is -2.02. The number of fused-ring (bicyclic) bond motifs is 2. The Morgan fingerprint density at radius 2 is 1.82 bits per heavy atom. The maximum Gasteiger partial charge on any atom is 0.283 e. The van der Waals surface area contributed by atoms with Crippen molar-refractivity contribution in [2.45, 2.75) is 0 Å². The standard InChI is InChI=1S/C21H14Cl2N2O2S/c1-27-16-10-9-15-17(22)20(28-19(15)18(16)23)21(26)25-24-11-13-7-4-6-12-5-2-3-8-14(12)13/h2-11H,1H3,(H,25,26)/b24-11-. The summed E-state index contributed by atoms with van der Waals surface area (Å²) >= 11 is 13.9. The van der Waals surface area contributed by atoms with E-state index in [9.17, 15) is 4.79 Å². The Morgan fingerprint density at radius 3 is 2.64 bits per heavy atom. The molecule has 28 heavy (non-hydrogen) atoms. The fourth-order valence-electron chi connectivity index (χ4n) is 2.96. The van der Waals surface area contributed by atoms with Crippen molar-refractivity contribution in [2.75, 3.05) is 7.11 Å². The largest absolute Gasteiger partial charge is 0.495 e. The van der Waals surface area contributed by atoms with Gasteiger partial charge in [0.25, 0.3) is 5.91 Å². The predicted octanol–water partition coefficient (Wildman–Crippen LogP) is 6.13. The van der Waals surface area contributed by atoms with Gasteiger partial charge in [-0.05, 0) is 22.9 Å². The van der Waals surface area contributed by atoms with E-state index in [4.69, 9.17) is 27.9 Å². The Hall–Kier alpha value is -2.60. The lowest BCUT2D eigenvalue weighted by molar-refractivity contribution is 0.0959. The second-order valence-electron chi connectivity index (χ2n) is 5.97. The zero-order chi connectivity index (χ0) is 19.7. The van der Waals surface area contributed by atoms with Gasteiger partial charge in [0.1, 0.15) is 15.6 Å². The highest BCUT2D eigenvalue weighted by Gasteiger charge is 2.20. The Kier molecular flexibility index (Phi) is 5.22.